The van der Waals surface area contributed by atoms with Crippen LogP contribution in [0.5, 0.6) is 0 Å². The molecule has 0 atom stereocenters. The molecule has 1 aromatic carbocycles. The van der Waals surface area contributed by atoms with Crippen molar-refractivity contribution in [2.75, 3.05) is 13.2 Å². The van der Waals surface area contributed by atoms with E-state index in [1.54, 1.807) is 0 Å². The molecule has 0 amide bonds. The molecule has 1 aliphatic rings. The van der Waals surface area contributed by atoms with Crippen LogP contribution in [0.4, 0.5) is 0 Å². The van der Waals surface area contributed by atoms with Crippen LogP contribution in [0, 0.1) is 0 Å². The quantitative estimate of drug-likeness (QED) is 0.838. The standard InChI is InChI=1S/C12H13BrO2/c13-11-6-4-10(5-7-11)2-1-3-12-14-8-9-15-12/h1-2,4-7,12H,3,8-9H2. The van der Waals surface area contributed by atoms with Crippen molar-refractivity contribution in [2.24, 2.45) is 0 Å². The Hall–Kier alpha value is -0.640. The van der Waals surface area contributed by atoms with Gasteiger partial charge in [-0.25, -0.2) is 0 Å². The highest BCUT2D eigenvalue weighted by Gasteiger charge is 2.13. The van der Waals surface area contributed by atoms with Crippen LogP contribution in [0.2, 0.25) is 0 Å². The van der Waals surface area contributed by atoms with Crippen LogP contribution in [-0.2, 0) is 9.47 Å². The van der Waals surface area contributed by atoms with Crippen LogP contribution in [0.25, 0.3) is 6.08 Å². The van der Waals surface area contributed by atoms with Gasteiger partial charge in [0.05, 0.1) is 13.2 Å². The molecule has 2 rings (SSSR count). The zero-order valence-corrected chi connectivity index (χ0v) is 9.94. The van der Waals surface area contributed by atoms with Gasteiger partial charge in [0.2, 0.25) is 0 Å². The van der Waals surface area contributed by atoms with E-state index >= 15 is 0 Å². The van der Waals surface area contributed by atoms with Crippen LogP contribution in [0.3, 0.4) is 0 Å². The molecule has 0 aliphatic carbocycles. The van der Waals surface area contributed by atoms with Gasteiger partial charge in [0.15, 0.2) is 6.29 Å². The average molecular weight is 269 g/mol. The fourth-order valence-corrected chi connectivity index (χ4v) is 1.70. The van der Waals surface area contributed by atoms with Crippen LogP contribution >= 0.6 is 15.9 Å². The van der Waals surface area contributed by atoms with Crippen molar-refractivity contribution < 1.29 is 9.47 Å². The zero-order chi connectivity index (χ0) is 10.5. The van der Waals surface area contributed by atoms with Gasteiger partial charge < -0.3 is 9.47 Å². The summed E-state index contributed by atoms with van der Waals surface area (Å²) in [5, 5.41) is 0. The maximum absolute atomic E-state index is 5.33. The summed E-state index contributed by atoms with van der Waals surface area (Å²) in [7, 11) is 0. The Labute approximate surface area is 98.0 Å². The molecule has 0 radical (unpaired) electrons. The van der Waals surface area contributed by atoms with Crippen molar-refractivity contribution in [3.8, 4) is 0 Å². The van der Waals surface area contributed by atoms with Crippen molar-refractivity contribution in [2.45, 2.75) is 12.7 Å². The van der Waals surface area contributed by atoms with Gasteiger partial charge in [-0.05, 0) is 17.7 Å². The van der Waals surface area contributed by atoms with Gasteiger partial charge in [-0.3, -0.25) is 0 Å². The lowest BCUT2D eigenvalue weighted by Gasteiger charge is -2.03. The lowest BCUT2D eigenvalue weighted by atomic mass is 10.2. The topological polar surface area (TPSA) is 18.5 Å². The second-order valence-corrected chi connectivity index (χ2v) is 4.28. The van der Waals surface area contributed by atoms with Gasteiger partial charge in [-0.15, -0.1) is 0 Å². The van der Waals surface area contributed by atoms with E-state index in [9.17, 15) is 0 Å². The molecule has 0 spiro atoms. The third kappa shape index (κ3) is 3.45. The first kappa shape index (κ1) is 10.9. The summed E-state index contributed by atoms with van der Waals surface area (Å²) in [6, 6.07) is 8.19. The van der Waals surface area contributed by atoms with Gasteiger partial charge in [0.1, 0.15) is 0 Å². The Kier molecular flexibility index (Phi) is 3.94. The highest BCUT2D eigenvalue weighted by atomic mass is 79.9. The summed E-state index contributed by atoms with van der Waals surface area (Å²) in [6.45, 7) is 1.44. The van der Waals surface area contributed by atoms with E-state index in [2.05, 4.69) is 40.2 Å². The molecule has 80 valence electrons. The highest BCUT2D eigenvalue weighted by molar-refractivity contribution is 9.10. The van der Waals surface area contributed by atoms with Gasteiger partial charge in [-0.1, -0.05) is 40.2 Å². The second-order valence-electron chi connectivity index (χ2n) is 3.36. The Morgan fingerprint density at radius 2 is 1.87 bits per heavy atom. The summed E-state index contributed by atoms with van der Waals surface area (Å²) in [5.74, 6) is 0. The Balaban J connectivity index is 1.85. The molecule has 0 bridgehead atoms. The molecule has 1 heterocycles. The molecular formula is C12H13BrO2. The van der Waals surface area contributed by atoms with Gasteiger partial charge >= 0.3 is 0 Å². The number of halogens is 1. The van der Waals surface area contributed by atoms with Gasteiger partial charge in [-0.2, -0.15) is 0 Å². The first-order valence-electron chi connectivity index (χ1n) is 5.00. The first-order valence-corrected chi connectivity index (χ1v) is 5.79. The summed E-state index contributed by atoms with van der Waals surface area (Å²) >= 11 is 3.40. The lowest BCUT2D eigenvalue weighted by Crippen LogP contribution is -2.04. The van der Waals surface area contributed by atoms with E-state index in [1.807, 2.05) is 12.1 Å². The molecular weight excluding hydrogens is 256 g/mol. The van der Waals surface area contributed by atoms with E-state index in [1.165, 1.54) is 5.56 Å². The maximum Gasteiger partial charge on any atom is 0.161 e. The molecule has 1 aliphatic heterocycles. The molecule has 1 aromatic rings. The molecule has 1 saturated heterocycles. The van der Waals surface area contributed by atoms with Crippen molar-refractivity contribution in [3.05, 3.63) is 40.4 Å². The normalized spacial score (nSPS) is 17.7. The molecule has 0 N–H and O–H groups in total. The predicted molar refractivity (Wildman–Crippen MR) is 63.5 cm³/mol. The number of hydrogen-bond acceptors (Lipinski definition) is 2. The third-order valence-electron chi connectivity index (χ3n) is 2.20. The van der Waals surface area contributed by atoms with E-state index in [0.717, 1.165) is 24.1 Å². The van der Waals surface area contributed by atoms with Crippen molar-refractivity contribution in [1.82, 2.24) is 0 Å². The van der Waals surface area contributed by atoms with Crippen molar-refractivity contribution in [1.29, 1.82) is 0 Å². The zero-order valence-electron chi connectivity index (χ0n) is 8.36. The number of ether oxygens (including phenoxy) is 2. The van der Waals surface area contributed by atoms with Gasteiger partial charge in [0, 0.05) is 10.9 Å². The number of benzene rings is 1. The fraction of sp³-hybridized carbons (Fsp3) is 0.333. The minimum absolute atomic E-state index is 0.0447. The van der Waals surface area contributed by atoms with E-state index in [4.69, 9.17) is 9.47 Å². The molecule has 15 heavy (non-hydrogen) atoms. The maximum atomic E-state index is 5.33. The molecule has 3 heteroatoms. The minimum atomic E-state index is -0.0447. The predicted octanol–water partition coefficient (Wildman–Crippen LogP) is 3.23. The Morgan fingerprint density at radius 3 is 2.53 bits per heavy atom. The van der Waals surface area contributed by atoms with E-state index < -0.39 is 0 Å². The molecule has 0 saturated carbocycles. The Morgan fingerprint density at radius 1 is 1.20 bits per heavy atom. The molecule has 0 aromatic heterocycles. The highest BCUT2D eigenvalue weighted by Crippen LogP contribution is 2.13. The largest absolute Gasteiger partial charge is 0.350 e. The molecule has 2 nitrogen and oxygen atoms in total. The Bertz CT molecular complexity index is 326. The average Bonchev–Trinajstić information content (AvgIpc) is 2.74. The smallest absolute Gasteiger partial charge is 0.161 e. The van der Waals surface area contributed by atoms with Crippen LogP contribution in [0.15, 0.2) is 34.8 Å². The van der Waals surface area contributed by atoms with Crippen LogP contribution < -0.4 is 0 Å². The number of rotatable bonds is 3. The van der Waals surface area contributed by atoms with Crippen molar-refractivity contribution >= 4 is 22.0 Å². The summed E-state index contributed by atoms with van der Waals surface area (Å²) < 4.78 is 11.8. The minimum Gasteiger partial charge on any atom is -0.350 e. The van der Waals surface area contributed by atoms with Gasteiger partial charge in [0.25, 0.3) is 0 Å². The van der Waals surface area contributed by atoms with Crippen molar-refractivity contribution in [3.63, 3.8) is 0 Å². The molecule has 0 unspecified atom stereocenters. The lowest BCUT2D eigenvalue weighted by molar-refractivity contribution is -0.0379. The summed E-state index contributed by atoms with van der Waals surface area (Å²) in [4.78, 5) is 0. The number of hydrogen-bond donors (Lipinski definition) is 0. The first-order chi connectivity index (χ1) is 7.34. The third-order valence-corrected chi connectivity index (χ3v) is 2.73. The van der Waals surface area contributed by atoms with E-state index in [-0.39, 0.29) is 6.29 Å². The van der Waals surface area contributed by atoms with E-state index in [0.29, 0.717) is 0 Å². The summed E-state index contributed by atoms with van der Waals surface area (Å²) in [5.41, 5.74) is 1.19. The SMILES string of the molecule is Brc1ccc(C=CCC2OCCO2)cc1. The van der Waals surface area contributed by atoms with Crippen LogP contribution in [-0.4, -0.2) is 19.5 Å². The summed E-state index contributed by atoms with van der Waals surface area (Å²) in [6.07, 6.45) is 4.93. The monoisotopic (exact) mass is 268 g/mol. The molecule has 1 fully saturated rings. The second kappa shape index (κ2) is 5.45. The fourth-order valence-electron chi connectivity index (χ4n) is 1.43. The van der Waals surface area contributed by atoms with Crippen LogP contribution in [0.1, 0.15) is 12.0 Å².